The third kappa shape index (κ3) is 7.34. The molecule has 0 radical (unpaired) electrons. The summed E-state index contributed by atoms with van der Waals surface area (Å²) >= 11 is 0. The van der Waals surface area contributed by atoms with Crippen LogP contribution in [0.2, 0.25) is 0 Å². The molecule has 6 N–H and O–H groups in total. The van der Waals surface area contributed by atoms with Crippen molar-refractivity contribution in [2.75, 3.05) is 26.2 Å². The Morgan fingerprint density at radius 2 is 1.67 bits per heavy atom. The Hall–Kier alpha value is -3.79. The lowest BCUT2D eigenvalue weighted by atomic mass is 9.87. The lowest BCUT2D eigenvalue weighted by molar-refractivity contribution is 0.0923. The topological polar surface area (TPSA) is 135 Å². The largest absolute Gasteiger partial charge is 0.354 e. The Balaban J connectivity index is 1.28. The molecule has 4 aromatic rings. The van der Waals surface area contributed by atoms with Gasteiger partial charge in [0.1, 0.15) is 5.65 Å². The van der Waals surface area contributed by atoms with E-state index < -0.39 is 0 Å². The van der Waals surface area contributed by atoms with Crippen LogP contribution in [0, 0.1) is 5.92 Å². The fourth-order valence-corrected chi connectivity index (χ4v) is 5.73. The first kappa shape index (κ1) is 29.7. The molecule has 2 aromatic heterocycles. The lowest BCUT2D eigenvalue weighted by Gasteiger charge is -2.26. The van der Waals surface area contributed by atoms with Gasteiger partial charge in [-0.2, -0.15) is 4.98 Å². The molecule has 1 saturated carbocycles. The van der Waals surface area contributed by atoms with Crippen LogP contribution in [0.5, 0.6) is 0 Å². The minimum absolute atomic E-state index is 0.0266. The second-order valence-electron chi connectivity index (χ2n) is 11.6. The second kappa shape index (κ2) is 13.9. The highest BCUT2D eigenvalue weighted by Crippen LogP contribution is 2.25. The van der Waals surface area contributed by atoms with Crippen LogP contribution in [0.15, 0.2) is 65.6 Å². The van der Waals surface area contributed by atoms with Gasteiger partial charge in [0.2, 0.25) is 0 Å². The molecule has 0 atom stereocenters. The fraction of sp³-hybridized carbons (Fsp3) is 0.424. The van der Waals surface area contributed by atoms with Crippen LogP contribution in [0.4, 0.5) is 0 Å². The van der Waals surface area contributed by atoms with Crippen molar-refractivity contribution in [3.05, 3.63) is 82.4 Å². The van der Waals surface area contributed by atoms with Gasteiger partial charge in [0.25, 0.3) is 5.91 Å². The van der Waals surface area contributed by atoms with Crippen molar-refractivity contribution in [1.29, 1.82) is 0 Å². The third-order valence-corrected chi connectivity index (χ3v) is 8.29. The van der Waals surface area contributed by atoms with Crippen LogP contribution in [0.3, 0.4) is 0 Å². The standard InChI is InChI=1S/C33H43N7O2/c1-23-4-12-28(13-5-23)36-32(41)26-10-8-25(9-11-26)30-20-27-22-40(33(42)38-31(27)37-30)29-14-6-24(7-15-29)21-39(18-2-16-34)19-3-17-35/h6-11,14-15,20,22-23,28H,2-5,12-13,16-19,21,34-35H2,1H3,(H,36,41)(H,37,38,42). The molecule has 1 aliphatic rings. The number of nitrogens with one attached hydrogen (secondary N) is 2. The highest BCUT2D eigenvalue weighted by Gasteiger charge is 2.20. The maximum Gasteiger partial charge on any atom is 0.354 e. The molecule has 5 rings (SSSR count). The number of rotatable bonds is 12. The molecular formula is C33H43N7O2. The van der Waals surface area contributed by atoms with E-state index in [0.29, 0.717) is 24.3 Å². The molecule has 222 valence electrons. The van der Waals surface area contributed by atoms with E-state index in [9.17, 15) is 9.59 Å². The molecule has 0 saturated heterocycles. The van der Waals surface area contributed by atoms with Gasteiger partial charge in [-0.1, -0.05) is 31.2 Å². The number of aromatic amines is 1. The Bertz CT molecular complexity index is 1510. The number of aromatic nitrogens is 3. The number of benzene rings is 2. The highest BCUT2D eigenvalue weighted by atomic mass is 16.2. The van der Waals surface area contributed by atoms with Crippen molar-refractivity contribution >= 4 is 16.9 Å². The molecule has 9 heteroatoms. The zero-order valence-electron chi connectivity index (χ0n) is 24.5. The number of nitrogens with zero attached hydrogens (tertiary/aromatic N) is 3. The van der Waals surface area contributed by atoms with Gasteiger partial charge < -0.3 is 21.8 Å². The second-order valence-corrected chi connectivity index (χ2v) is 11.6. The molecule has 2 aromatic carbocycles. The maximum absolute atomic E-state index is 12.9. The van der Waals surface area contributed by atoms with Gasteiger partial charge >= 0.3 is 5.69 Å². The van der Waals surface area contributed by atoms with Crippen molar-refractivity contribution in [2.24, 2.45) is 17.4 Å². The summed E-state index contributed by atoms with van der Waals surface area (Å²) < 4.78 is 1.57. The first-order chi connectivity index (χ1) is 20.4. The van der Waals surface area contributed by atoms with E-state index in [-0.39, 0.29) is 17.6 Å². The van der Waals surface area contributed by atoms with Gasteiger partial charge in [-0.15, -0.1) is 0 Å². The third-order valence-electron chi connectivity index (χ3n) is 8.29. The van der Waals surface area contributed by atoms with Gasteiger partial charge in [-0.3, -0.25) is 14.3 Å². The predicted octanol–water partition coefficient (Wildman–Crippen LogP) is 4.19. The van der Waals surface area contributed by atoms with Gasteiger partial charge in [-0.05, 0) is 112 Å². The molecule has 0 spiro atoms. The fourth-order valence-electron chi connectivity index (χ4n) is 5.73. The van der Waals surface area contributed by atoms with Crippen molar-refractivity contribution in [3.63, 3.8) is 0 Å². The number of H-pyrrole nitrogens is 1. The highest BCUT2D eigenvalue weighted by molar-refractivity contribution is 5.95. The molecule has 2 heterocycles. The molecular weight excluding hydrogens is 526 g/mol. The number of hydrogen-bond acceptors (Lipinski definition) is 6. The molecule has 9 nitrogen and oxygen atoms in total. The minimum atomic E-state index is -0.347. The van der Waals surface area contributed by atoms with Crippen molar-refractivity contribution in [3.8, 4) is 16.9 Å². The Labute approximate surface area is 247 Å². The van der Waals surface area contributed by atoms with Crippen LogP contribution in [0.1, 0.15) is 61.4 Å². The van der Waals surface area contributed by atoms with E-state index in [0.717, 1.165) is 73.6 Å². The molecule has 42 heavy (non-hydrogen) atoms. The molecule has 1 fully saturated rings. The zero-order chi connectivity index (χ0) is 29.5. The zero-order valence-corrected chi connectivity index (χ0v) is 24.5. The number of carbonyl (C=O) groups excluding carboxylic acids is 1. The molecule has 0 aliphatic heterocycles. The van der Waals surface area contributed by atoms with E-state index in [1.807, 2.05) is 48.7 Å². The monoisotopic (exact) mass is 569 g/mol. The van der Waals surface area contributed by atoms with Gasteiger partial charge in [0.15, 0.2) is 0 Å². The molecule has 0 unspecified atom stereocenters. The summed E-state index contributed by atoms with van der Waals surface area (Å²) in [5.74, 6) is 0.719. The molecule has 0 bridgehead atoms. The Kier molecular flexibility index (Phi) is 9.84. The van der Waals surface area contributed by atoms with Crippen molar-refractivity contribution in [2.45, 2.75) is 58.0 Å². The molecule has 1 amide bonds. The SMILES string of the molecule is CC1CCC(NC(=O)c2ccc(-c3cc4cn(-c5ccc(CN(CCCN)CCCN)cc5)c(=O)nc4[nH]3)cc2)CC1. The number of hydrogen-bond donors (Lipinski definition) is 4. The van der Waals surface area contributed by atoms with E-state index in [1.165, 1.54) is 18.4 Å². The minimum Gasteiger partial charge on any atom is -0.349 e. The number of nitrogens with two attached hydrogens (primary N) is 2. The average molecular weight is 570 g/mol. The van der Waals surface area contributed by atoms with Gasteiger partial charge in [-0.25, -0.2) is 4.79 Å². The summed E-state index contributed by atoms with van der Waals surface area (Å²) in [5, 5.41) is 4.02. The summed E-state index contributed by atoms with van der Waals surface area (Å²) in [5.41, 5.74) is 16.0. The van der Waals surface area contributed by atoms with E-state index in [4.69, 9.17) is 11.5 Å². The number of fused-ring (bicyclic) bond motifs is 1. The van der Waals surface area contributed by atoms with Crippen molar-refractivity contribution in [1.82, 2.24) is 24.8 Å². The summed E-state index contributed by atoms with van der Waals surface area (Å²) in [6, 6.07) is 17.8. The Morgan fingerprint density at radius 1 is 1.00 bits per heavy atom. The summed E-state index contributed by atoms with van der Waals surface area (Å²) in [6.45, 7) is 6.29. The lowest BCUT2D eigenvalue weighted by Crippen LogP contribution is -2.37. The van der Waals surface area contributed by atoms with Crippen LogP contribution in [-0.4, -0.2) is 57.6 Å². The maximum atomic E-state index is 12.9. The van der Waals surface area contributed by atoms with E-state index in [1.54, 1.807) is 4.57 Å². The molecule has 1 aliphatic carbocycles. The summed E-state index contributed by atoms with van der Waals surface area (Å²) in [7, 11) is 0. The normalized spacial score (nSPS) is 17.1. The smallest absolute Gasteiger partial charge is 0.349 e. The number of carbonyl (C=O) groups is 1. The van der Waals surface area contributed by atoms with Gasteiger partial charge in [0, 0.05) is 35.4 Å². The Morgan fingerprint density at radius 3 is 2.31 bits per heavy atom. The number of amides is 1. The van der Waals surface area contributed by atoms with Gasteiger partial charge in [0.05, 0.1) is 5.69 Å². The predicted molar refractivity (Wildman–Crippen MR) is 169 cm³/mol. The first-order valence-electron chi connectivity index (χ1n) is 15.2. The average Bonchev–Trinajstić information content (AvgIpc) is 3.42. The van der Waals surface area contributed by atoms with Crippen LogP contribution in [0.25, 0.3) is 28.0 Å². The van der Waals surface area contributed by atoms with Crippen LogP contribution < -0.4 is 22.5 Å². The van der Waals surface area contributed by atoms with Crippen molar-refractivity contribution < 1.29 is 4.79 Å². The summed E-state index contributed by atoms with van der Waals surface area (Å²) in [6.07, 6.45) is 8.13. The van der Waals surface area contributed by atoms with E-state index in [2.05, 4.69) is 39.2 Å². The first-order valence-corrected chi connectivity index (χ1v) is 15.2. The van der Waals surface area contributed by atoms with Crippen LogP contribution in [-0.2, 0) is 6.54 Å². The van der Waals surface area contributed by atoms with E-state index >= 15 is 0 Å². The summed E-state index contributed by atoms with van der Waals surface area (Å²) in [4.78, 5) is 35.6. The van der Waals surface area contributed by atoms with Crippen LogP contribution >= 0.6 is 0 Å². The quantitative estimate of drug-likeness (QED) is 0.202.